The van der Waals surface area contributed by atoms with Crippen LogP contribution in [-0.2, 0) is 6.42 Å². The Bertz CT molecular complexity index is 287. The van der Waals surface area contributed by atoms with Crippen molar-refractivity contribution in [3.8, 4) is 0 Å². The van der Waals surface area contributed by atoms with Crippen LogP contribution in [0.25, 0.3) is 5.70 Å². The third-order valence-electron chi connectivity index (χ3n) is 1.87. The lowest BCUT2D eigenvalue weighted by molar-refractivity contribution is 1.31. The molecule has 0 bridgehead atoms. The van der Waals surface area contributed by atoms with Crippen molar-refractivity contribution < 1.29 is 0 Å². The summed E-state index contributed by atoms with van der Waals surface area (Å²) in [6.45, 7) is 0. The Labute approximate surface area is 60.2 Å². The van der Waals surface area contributed by atoms with Crippen molar-refractivity contribution >= 4 is 5.70 Å². The molecule has 1 aromatic rings. The average Bonchev–Trinajstić information content (AvgIpc) is 2.34. The fourth-order valence-corrected chi connectivity index (χ4v) is 1.31. The van der Waals surface area contributed by atoms with E-state index in [1.54, 1.807) is 0 Å². The topological polar surface area (TPSA) is 26.0 Å². The molecule has 0 unspecified atom stereocenters. The minimum Gasteiger partial charge on any atom is -0.398 e. The molecular weight excluding hydrogens is 122 g/mol. The van der Waals surface area contributed by atoms with E-state index in [0.29, 0.717) is 0 Å². The van der Waals surface area contributed by atoms with Crippen LogP contribution in [0.3, 0.4) is 0 Å². The quantitative estimate of drug-likeness (QED) is 0.568. The van der Waals surface area contributed by atoms with Gasteiger partial charge in [-0.1, -0.05) is 30.3 Å². The molecule has 0 saturated carbocycles. The third-order valence-corrected chi connectivity index (χ3v) is 1.87. The number of hydrogen-bond acceptors (Lipinski definition) is 1. The van der Waals surface area contributed by atoms with Crippen molar-refractivity contribution in [2.75, 3.05) is 0 Å². The number of rotatable bonds is 0. The number of benzene rings is 1. The molecule has 10 heavy (non-hydrogen) atoms. The van der Waals surface area contributed by atoms with Gasteiger partial charge in [0.2, 0.25) is 0 Å². The van der Waals surface area contributed by atoms with Gasteiger partial charge in [0, 0.05) is 11.3 Å². The summed E-state index contributed by atoms with van der Waals surface area (Å²) < 4.78 is 0. The maximum absolute atomic E-state index is 5.71. The Morgan fingerprint density at radius 2 is 2.00 bits per heavy atom. The second kappa shape index (κ2) is 1.87. The molecule has 1 aromatic carbocycles. The van der Waals surface area contributed by atoms with E-state index >= 15 is 0 Å². The molecule has 0 saturated heterocycles. The van der Waals surface area contributed by atoms with Crippen LogP contribution in [0.4, 0.5) is 0 Å². The molecule has 0 heterocycles. The molecule has 0 fully saturated rings. The standard InChI is InChI=1S/C9H9N/c10-9-6-5-7-3-1-2-4-8(7)9/h1-4,6H,5,10H2. The largest absolute Gasteiger partial charge is 0.398 e. The SMILES string of the molecule is NC1=CCc2ccccc21. The summed E-state index contributed by atoms with van der Waals surface area (Å²) in [4.78, 5) is 0. The van der Waals surface area contributed by atoms with Crippen LogP contribution in [0.5, 0.6) is 0 Å². The number of allylic oxidation sites excluding steroid dienone is 1. The summed E-state index contributed by atoms with van der Waals surface area (Å²) in [6.07, 6.45) is 3.06. The molecule has 0 atom stereocenters. The lowest BCUT2D eigenvalue weighted by Gasteiger charge is -1.97. The highest BCUT2D eigenvalue weighted by Gasteiger charge is 2.08. The van der Waals surface area contributed by atoms with Gasteiger partial charge in [0.1, 0.15) is 0 Å². The van der Waals surface area contributed by atoms with Crippen LogP contribution in [0.1, 0.15) is 11.1 Å². The van der Waals surface area contributed by atoms with Gasteiger partial charge in [0.05, 0.1) is 0 Å². The summed E-state index contributed by atoms with van der Waals surface area (Å²) in [5.41, 5.74) is 9.19. The van der Waals surface area contributed by atoms with Crippen molar-refractivity contribution in [3.63, 3.8) is 0 Å². The zero-order chi connectivity index (χ0) is 6.97. The third kappa shape index (κ3) is 0.637. The average molecular weight is 131 g/mol. The maximum atomic E-state index is 5.71. The van der Waals surface area contributed by atoms with Gasteiger partial charge in [-0.05, 0) is 12.0 Å². The second-order valence-corrected chi connectivity index (χ2v) is 2.52. The molecule has 50 valence electrons. The minimum atomic E-state index is 0.926. The molecule has 0 aliphatic heterocycles. The fourth-order valence-electron chi connectivity index (χ4n) is 1.31. The first-order valence-corrected chi connectivity index (χ1v) is 3.42. The smallest absolute Gasteiger partial charge is 0.0353 e. The first kappa shape index (κ1) is 5.54. The van der Waals surface area contributed by atoms with Crippen LogP contribution >= 0.6 is 0 Å². The highest BCUT2D eigenvalue weighted by atomic mass is 14.6. The fraction of sp³-hybridized carbons (Fsp3) is 0.111. The van der Waals surface area contributed by atoms with Crippen LogP contribution in [0.2, 0.25) is 0 Å². The van der Waals surface area contributed by atoms with E-state index < -0.39 is 0 Å². The van der Waals surface area contributed by atoms with E-state index in [0.717, 1.165) is 12.1 Å². The van der Waals surface area contributed by atoms with Gasteiger partial charge in [0.25, 0.3) is 0 Å². The normalized spacial score (nSPS) is 14.6. The van der Waals surface area contributed by atoms with Crippen molar-refractivity contribution in [3.05, 3.63) is 41.5 Å². The monoisotopic (exact) mass is 131 g/mol. The van der Waals surface area contributed by atoms with Crippen molar-refractivity contribution in [1.29, 1.82) is 0 Å². The Morgan fingerprint density at radius 1 is 1.20 bits per heavy atom. The van der Waals surface area contributed by atoms with E-state index in [9.17, 15) is 0 Å². The first-order chi connectivity index (χ1) is 4.88. The molecule has 1 aliphatic rings. The summed E-state index contributed by atoms with van der Waals surface area (Å²) >= 11 is 0. The van der Waals surface area contributed by atoms with Crippen molar-refractivity contribution in [2.45, 2.75) is 6.42 Å². The molecule has 0 aromatic heterocycles. The first-order valence-electron chi connectivity index (χ1n) is 3.42. The lowest BCUT2D eigenvalue weighted by atomic mass is 10.1. The number of hydrogen-bond donors (Lipinski definition) is 1. The molecule has 1 heteroatoms. The molecule has 1 aliphatic carbocycles. The number of fused-ring (bicyclic) bond motifs is 1. The molecule has 0 amide bonds. The zero-order valence-electron chi connectivity index (χ0n) is 5.67. The van der Waals surface area contributed by atoms with Crippen molar-refractivity contribution in [2.24, 2.45) is 5.73 Å². The van der Waals surface area contributed by atoms with Crippen LogP contribution < -0.4 is 5.73 Å². The van der Waals surface area contributed by atoms with Gasteiger partial charge < -0.3 is 5.73 Å². The van der Waals surface area contributed by atoms with Gasteiger partial charge >= 0.3 is 0 Å². The minimum absolute atomic E-state index is 0.926. The Kier molecular flexibility index (Phi) is 1.04. The Morgan fingerprint density at radius 3 is 2.80 bits per heavy atom. The zero-order valence-corrected chi connectivity index (χ0v) is 5.67. The van der Waals surface area contributed by atoms with Gasteiger partial charge in [-0.3, -0.25) is 0 Å². The maximum Gasteiger partial charge on any atom is 0.0353 e. The van der Waals surface area contributed by atoms with Gasteiger partial charge in [-0.15, -0.1) is 0 Å². The predicted octanol–water partition coefficient (Wildman–Crippen LogP) is 1.54. The van der Waals surface area contributed by atoms with E-state index in [4.69, 9.17) is 5.73 Å². The molecular formula is C9H9N. The molecule has 2 rings (SSSR count). The molecule has 0 radical (unpaired) electrons. The van der Waals surface area contributed by atoms with E-state index in [1.807, 2.05) is 12.1 Å². The highest BCUT2D eigenvalue weighted by Crippen LogP contribution is 2.22. The summed E-state index contributed by atoms with van der Waals surface area (Å²) in [5, 5.41) is 0. The Balaban J connectivity index is 2.61. The second-order valence-electron chi connectivity index (χ2n) is 2.52. The summed E-state index contributed by atoms with van der Waals surface area (Å²) in [5.74, 6) is 0. The highest BCUT2D eigenvalue weighted by molar-refractivity contribution is 5.70. The summed E-state index contributed by atoms with van der Waals surface area (Å²) in [7, 11) is 0. The summed E-state index contributed by atoms with van der Waals surface area (Å²) in [6, 6.07) is 8.25. The lowest BCUT2D eigenvalue weighted by Crippen LogP contribution is -1.92. The van der Waals surface area contributed by atoms with Crippen LogP contribution in [0.15, 0.2) is 30.3 Å². The number of nitrogens with two attached hydrogens (primary N) is 1. The predicted molar refractivity (Wildman–Crippen MR) is 42.3 cm³/mol. The molecule has 2 N–H and O–H groups in total. The van der Waals surface area contributed by atoms with Crippen LogP contribution in [-0.4, -0.2) is 0 Å². The Hall–Kier alpha value is -1.24. The van der Waals surface area contributed by atoms with E-state index in [2.05, 4.69) is 18.2 Å². The van der Waals surface area contributed by atoms with Crippen molar-refractivity contribution in [1.82, 2.24) is 0 Å². The van der Waals surface area contributed by atoms with E-state index in [-0.39, 0.29) is 0 Å². The van der Waals surface area contributed by atoms with Gasteiger partial charge in [-0.25, -0.2) is 0 Å². The van der Waals surface area contributed by atoms with Crippen LogP contribution in [0, 0.1) is 0 Å². The molecule has 1 nitrogen and oxygen atoms in total. The van der Waals surface area contributed by atoms with Gasteiger partial charge in [0.15, 0.2) is 0 Å². The molecule has 0 spiro atoms. The van der Waals surface area contributed by atoms with Gasteiger partial charge in [-0.2, -0.15) is 0 Å². The van der Waals surface area contributed by atoms with E-state index in [1.165, 1.54) is 11.1 Å².